The second kappa shape index (κ2) is 8.91. The van der Waals surface area contributed by atoms with Crippen molar-refractivity contribution in [3.8, 4) is 11.5 Å². The number of nitrogens with one attached hydrogen (secondary N) is 1. The van der Waals surface area contributed by atoms with E-state index in [2.05, 4.69) is 10.3 Å². The first-order chi connectivity index (χ1) is 11.9. The van der Waals surface area contributed by atoms with E-state index in [1.165, 1.54) is 17.6 Å². The second-order valence-electron chi connectivity index (χ2n) is 5.53. The first-order valence-electron chi connectivity index (χ1n) is 7.67. The molecular weight excluding hydrogens is 489 g/mol. The van der Waals surface area contributed by atoms with Crippen LogP contribution in [0, 0.1) is 0 Å². The van der Waals surface area contributed by atoms with Gasteiger partial charge in [0.25, 0.3) is 0 Å². The zero-order valence-corrected chi connectivity index (χ0v) is 18.1. The number of hydrogen-bond acceptors (Lipinski definition) is 6. The monoisotopic (exact) mass is 509 g/mol. The number of halogens is 1. The van der Waals surface area contributed by atoms with Gasteiger partial charge in [0, 0.05) is 29.3 Å². The van der Waals surface area contributed by atoms with Crippen molar-refractivity contribution in [3.05, 3.63) is 35.2 Å². The molecule has 0 fully saturated rings. The van der Waals surface area contributed by atoms with Crippen molar-refractivity contribution in [2.24, 2.45) is 10.7 Å². The van der Waals surface area contributed by atoms with Gasteiger partial charge in [0.2, 0.25) is 0 Å². The standard InChI is InChI=1S/C16H19N3O4S2.HI/c1-25(20,21)15-6-4-12(24-15)10-18-16(17)19-11-3-5-13-14(9-11)23-8-2-7-22-13;/h3-6,9H,2,7-8,10H2,1H3,(H3,17,18,19);1H. The number of benzene rings is 1. The molecule has 0 aliphatic carbocycles. The van der Waals surface area contributed by atoms with Gasteiger partial charge in [-0.2, -0.15) is 0 Å². The molecule has 10 heteroatoms. The SMILES string of the molecule is CS(=O)(=O)c1ccc(CN=C(N)Nc2ccc3c(c2)OCCCO3)s1.I. The zero-order chi connectivity index (χ0) is 17.9. The molecule has 0 radical (unpaired) electrons. The van der Waals surface area contributed by atoms with E-state index in [0.717, 1.165) is 17.0 Å². The summed E-state index contributed by atoms with van der Waals surface area (Å²) in [4.78, 5) is 5.07. The summed E-state index contributed by atoms with van der Waals surface area (Å²) in [5.41, 5.74) is 6.65. The molecule has 1 aliphatic rings. The molecule has 0 saturated carbocycles. The Morgan fingerprint density at radius 2 is 1.96 bits per heavy atom. The fourth-order valence-corrected chi connectivity index (χ4v) is 4.14. The summed E-state index contributed by atoms with van der Waals surface area (Å²) in [6.45, 7) is 1.56. The van der Waals surface area contributed by atoms with Crippen molar-refractivity contribution < 1.29 is 17.9 Å². The van der Waals surface area contributed by atoms with Crippen LogP contribution in [0.4, 0.5) is 5.69 Å². The normalized spacial score (nSPS) is 14.3. The maximum Gasteiger partial charge on any atom is 0.193 e. The Hall–Kier alpha value is -1.53. The molecule has 1 aromatic heterocycles. The quantitative estimate of drug-likeness (QED) is 0.374. The Kier molecular flexibility index (Phi) is 7.12. The van der Waals surface area contributed by atoms with Gasteiger partial charge < -0.3 is 20.5 Å². The largest absolute Gasteiger partial charge is 0.490 e. The van der Waals surface area contributed by atoms with Gasteiger partial charge >= 0.3 is 0 Å². The first-order valence-corrected chi connectivity index (χ1v) is 10.4. The molecule has 0 amide bonds. The predicted molar refractivity (Wildman–Crippen MR) is 114 cm³/mol. The van der Waals surface area contributed by atoms with Crippen LogP contribution in [0.25, 0.3) is 0 Å². The predicted octanol–water partition coefficient (Wildman–Crippen LogP) is 2.86. The minimum atomic E-state index is -3.18. The Bertz CT molecular complexity index is 897. The number of ether oxygens (including phenoxy) is 2. The van der Waals surface area contributed by atoms with Crippen LogP contribution in [0.15, 0.2) is 39.5 Å². The van der Waals surface area contributed by atoms with Crippen LogP contribution in [0.5, 0.6) is 11.5 Å². The second-order valence-corrected chi connectivity index (χ2v) is 8.94. The molecule has 0 atom stereocenters. The highest BCUT2D eigenvalue weighted by atomic mass is 127. The topological polar surface area (TPSA) is 103 Å². The molecule has 142 valence electrons. The Balaban J connectivity index is 0.00000243. The van der Waals surface area contributed by atoms with Crippen LogP contribution in [0.2, 0.25) is 0 Å². The lowest BCUT2D eigenvalue weighted by molar-refractivity contribution is 0.297. The molecule has 0 unspecified atom stereocenters. The number of aliphatic imine (C=N–C) groups is 1. The van der Waals surface area contributed by atoms with Crippen LogP contribution in [-0.4, -0.2) is 33.8 Å². The number of anilines is 1. The Labute approximate surface area is 173 Å². The van der Waals surface area contributed by atoms with Crippen LogP contribution >= 0.6 is 35.3 Å². The number of hydrogen-bond donors (Lipinski definition) is 2. The van der Waals surface area contributed by atoms with E-state index in [-0.39, 0.29) is 29.9 Å². The van der Waals surface area contributed by atoms with Gasteiger partial charge in [0.05, 0.1) is 19.8 Å². The van der Waals surface area contributed by atoms with E-state index in [1.54, 1.807) is 12.1 Å². The van der Waals surface area contributed by atoms with Gasteiger partial charge in [-0.1, -0.05) is 0 Å². The number of guanidine groups is 1. The minimum absolute atomic E-state index is 0. The number of rotatable bonds is 4. The lowest BCUT2D eigenvalue weighted by Gasteiger charge is -2.10. The molecule has 3 N–H and O–H groups in total. The summed E-state index contributed by atoms with van der Waals surface area (Å²) in [5, 5.41) is 3.00. The van der Waals surface area contributed by atoms with E-state index in [9.17, 15) is 8.42 Å². The summed E-state index contributed by atoms with van der Waals surface area (Å²) in [5.74, 6) is 1.63. The van der Waals surface area contributed by atoms with E-state index < -0.39 is 9.84 Å². The van der Waals surface area contributed by atoms with E-state index in [0.29, 0.717) is 35.5 Å². The van der Waals surface area contributed by atoms with E-state index >= 15 is 0 Å². The minimum Gasteiger partial charge on any atom is -0.490 e. The lowest BCUT2D eigenvalue weighted by atomic mass is 10.3. The fraction of sp³-hybridized carbons (Fsp3) is 0.312. The summed E-state index contributed by atoms with van der Waals surface area (Å²) in [7, 11) is -3.18. The number of nitrogens with two attached hydrogens (primary N) is 1. The zero-order valence-electron chi connectivity index (χ0n) is 14.1. The molecule has 0 spiro atoms. The van der Waals surface area contributed by atoms with E-state index in [1.807, 2.05) is 18.2 Å². The molecule has 26 heavy (non-hydrogen) atoms. The van der Waals surface area contributed by atoms with Gasteiger partial charge in [-0.25, -0.2) is 13.4 Å². The Morgan fingerprint density at radius 1 is 1.23 bits per heavy atom. The van der Waals surface area contributed by atoms with Crippen molar-refractivity contribution >= 4 is 56.8 Å². The first kappa shape index (κ1) is 20.8. The molecule has 7 nitrogen and oxygen atoms in total. The average molecular weight is 509 g/mol. The maximum atomic E-state index is 11.5. The van der Waals surface area contributed by atoms with Crippen molar-refractivity contribution in [3.63, 3.8) is 0 Å². The van der Waals surface area contributed by atoms with Gasteiger partial charge in [-0.15, -0.1) is 35.3 Å². The van der Waals surface area contributed by atoms with Gasteiger partial charge in [0.15, 0.2) is 27.3 Å². The Morgan fingerprint density at radius 3 is 2.65 bits per heavy atom. The molecule has 0 bridgehead atoms. The summed E-state index contributed by atoms with van der Waals surface area (Å²) in [6, 6.07) is 8.80. The third-order valence-corrected chi connectivity index (χ3v) is 6.32. The number of thiophene rings is 1. The summed E-state index contributed by atoms with van der Waals surface area (Å²) >= 11 is 1.19. The summed E-state index contributed by atoms with van der Waals surface area (Å²) < 4.78 is 34.5. The molecule has 3 rings (SSSR count). The number of fused-ring (bicyclic) bond motifs is 1. The molecule has 1 aromatic carbocycles. The van der Waals surface area contributed by atoms with Crippen molar-refractivity contribution in [1.29, 1.82) is 0 Å². The van der Waals surface area contributed by atoms with Crippen LogP contribution in [0.1, 0.15) is 11.3 Å². The highest BCUT2D eigenvalue weighted by Gasteiger charge is 2.12. The van der Waals surface area contributed by atoms with Crippen LogP contribution in [-0.2, 0) is 16.4 Å². The highest BCUT2D eigenvalue weighted by molar-refractivity contribution is 14.0. The molecular formula is C16H20IN3O4S2. The van der Waals surface area contributed by atoms with Crippen molar-refractivity contribution in [1.82, 2.24) is 0 Å². The third kappa shape index (κ3) is 5.48. The molecule has 2 aromatic rings. The van der Waals surface area contributed by atoms with Crippen LogP contribution in [0.3, 0.4) is 0 Å². The molecule has 0 saturated heterocycles. The molecule has 1 aliphatic heterocycles. The van der Waals surface area contributed by atoms with Gasteiger partial charge in [-0.3, -0.25) is 0 Å². The number of sulfone groups is 1. The lowest BCUT2D eigenvalue weighted by Crippen LogP contribution is -2.22. The van der Waals surface area contributed by atoms with E-state index in [4.69, 9.17) is 15.2 Å². The van der Waals surface area contributed by atoms with Crippen LogP contribution < -0.4 is 20.5 Å². The van der Waals surface area contributed by atoms with Crippen molar-refractivity contribution in [2.75, 3.05) is 24.8 Å². The van der Waals surface area contributed by atoms with Gasteiger partial charge in [0.1, 0.15) is 4.21 Å². The molecule has 2 heterocycles. The van der Waals surface area contributed by atoms with Gasteiger partial charge in [-0.05, 0) is 24.3 Å². The number of nitrogens with zero attached hydrogens (tertiary/aromatic N) is 1. The maximum absolute atomic E-state index is 11.5. The smallest absolute Gasteiger partial charge is 0.193 e. The highest BCUT2D eigenvalue weighted by Crippen LogP contribution is 2.32. The average Bonchev–Trinajstić information content (AvgIpc) is 2.92. The third-order valence-electron chi connectivity index (χ3n) is 3.43. The summed E-state index contributed by atoms with van der Waals surface area (Å²) in [6.07, 6.45) is 2.03. The fourth-order valence-electron chi connectivity index (χ4n) is 2.23. The van der Waals surface area contributed by atoms with Crippen molar-refractivity contribution in [2.45, 2.75) is 17.2 Å².